The van der Waals surface area contributed by atoms with Crippen LogP contribution >= 0.6 is 0 Å². The molecule has 0 radical (unpaired) electrons. The van der Waals surface area contributed by atoms with Crippen molar-refractivity contribution in [2.45, 2.75) is 13.5 Å². The van der Waals surface area contributed by atoms with Crippen molar-refractivity contribution in [1.29, 1.82) is 0 Å². The Morgan fingerprint density at radius 3 is 2.60 bits per heavy atom. The molecule has 5 nitrogen and oxygen atoms in total. The summed E-state index contributed by atoms with van der Waals surface area (Å²) in [5.41, 5.74) is 5.39. The van der Waals surface area contributed by atoms with Crippen molar-refractivity contribution in [1.82, 2.24) is 9.97 Å². The number of H-pyrrole nitrogens is 2. The van der Waals surface area contributed by atoms with E-state index in [0.29, 0.717) is 12.3 Å². The van der Waals surface area contributed by atoms with Crippen molar-refractivity contribution >= 4 is 33.4 Å². The topological polar surface area (TPSA) is 69.9 Å². The maximum Gasteiger partial charge on any atom is 0.272 e. The van der Waals surface area contributed by atoms with Gasteiger partial charge in [-0.15, -0.1) is 0 Å². The highest BCUT2D eigenvalue weighted by atomic mass is 16.5. The summed E-state index contributed by atoms with van der Waals surface area (Å²) in [5.74, 6) is 0.581. The second-order valence-corrected chi connectivity index (χ2v) is 7.41. The number of hydrogen-bond donors (Lipinski definition) is 3. The van der Waals surface area contributed by atoms with Crippen LogP contribution in [0.5, 0.6) is 5.75 Å². The average molecular weight is 395 g/mol. The number of benzene rings is 3. The van der Waals surface area contributed by atoms with Gasteiger partial charge in [-0.2, -0.15) is 0 Å². The largest absolute Gasteiger partial charge is 0.489 e. The smallest absolute Gasteiger partial charge is 0.272 e. The van der Waals surface area contributed by atoms with Crippen LogP contribution in [-0.2, 0) is 6.61 Å². The number of aryl methyl sites for hydroxylation is 1. The zero-order chi connectivity index (χ0) is 20.5. The Labute approximate surface area is 173 Å². The number of hydrogen-bond acceptors (Lipinski definition) is 2. The molecule has 0 aliphatic heterocycles. The second-order valence-electron chi connectivity index (χ2n) is 7.41. The van der Waals surface area contributed by atoms with Gasteiger partial charge in [-0.05, 0) is 55.0 Å². The minimum absolute atomic E-state index is 0.176. The van der Waals surface area contributed by atoms with Gasteiger partial charge in [-0.1, -0.05) is 30.3 Å². The van der Waals surface area contributed by atoms with E-state index in [1.807, 2.05) is 79.7 Å². The van der Waals surface area contributed by atoms with Gasteiger partial charge in [0.1, 0.15) is 18.1 Å². The summed E-state index contributed by atoms with van der Waals surface area (Å²) < 4.78 is 5.88. The van der Waals surface area contributed by atoms with Gasteiger partial charge in [0.2, 0.25) is 0 Å². The number of aromatic nitrogens is 2. The van der Waals surface area contributed by atoms with Crippen molar-refractivity contribution in [3.63, 3.8) is 0 Å². The highest BCUT2D eigenvalue weighted by molar-refractivity contribution is 6.06. The van der Waals surface area contributed by atoms with Crippen LogP contribution < -0.4 is 10.1 Å². The van der Waals surface area contributed by atoms with Gasteiger partial charge in [0.05, 0.1) is 0 Å². The van der Waals surface area contributed by atoms with E-state index < -0.39 is 0 Å². The van der Waals surface area contributed by atoms with Gasteiger partial charge in [0.25, 0.3) is 5.91 Å². The van der Waals surface area contributed by atoms with Gasteiger partial charge in [-0.25, -0.2) is 0 Å². The number of carbonyl (C=O) groups excluding carboxylic acids is 1. The summed E-state index contributed by atoms with van der Waals surface area (Å²) in [5, 5.41) is 5.00. The van der Waals surface area contributed by atoms with Crippen LogP contribution in [0.15, 0.2) is 78.9 Å². The van der Waals surface area contributed by atoms with E-state index in [-0.39, 0.29) is 5.91 Å². The van der Waals surface area contributed by atoms with Crippen molar-refractivity contribution in [3.05, 3.63) is 95.8 Å². The van der Waals surface area contributed by atoms with Crippen molar-refractivity contribution in [2.24, 2.45) is 0 Å². The molecule has 2 heterocycles. The molecule has 0 saturated heterocycles. The molecule has 0 aliphatic rings. The van der Waals surface area contributed by atoms with E-state index in [1.165, 1.54) is 0 Å². The molecule has 0 unspecified atom stereocenters. The molecule has 0 bridgehead atoms. The predicted molar refractivity (Wildman–Crippen MR) is 120 cm³/mol. The molecule has 3 aromatic carbocycles. The number of amides is 1. The molecule has 30 heavy (non-hydrogen) atoms. The van der Waals surface area contributed by atoms with E-state index in [1.54, 1.807) is 0 Å². The van der Waals surface area contributed by atoms with E-state index in [9.17, 15) is 4.79 Å². The molecule has 0 saturated carbocycles. The summed E-state index contributed by atoms with van der Waals surface area (Å²) in [6.07, 6.45) is 0. The fourth-order valence-electron chi connectivity index (χ4n) is 3.61. The van der Waals surface area contributed by atoms with Gasteiger partial charge < -0.3 is 20.0 Å². The molecule has 1 amide bonds. The highest BCUT2D eigenvalue weighted by Crippen LogP contribution is 2.24. The number of anilines is 1. The van der Waals surface area contributed by atoms with Crippen LogP contribution in [0.2, 0.25) is 0 Å². The third-order valence-electron chi connectivity index (χ3n) is 5.10. The molecule has 5 aromatic rings. The van der Waals surface area contributed by atoms with E-state index in [0.717, 1.165) is 44.5 Å². The third-order valence-corrected chi connectivity index (χ3v) is 5.10. The lowest BCUT2D eigenvalue weighted by atomic mass is 10.2. The Morgan fingerprint density at radius 1 is 0.867 bits per heavy atom. The van der Waals surface area contributed by atoms with Crippen LogP contribution in [0.4, 0.5) is 5.69 Å². The highest BCUT2D eigenvalue weighted by Gasteiger charge is 2.11. The monoisotopic (exact) mass is 395 g/mol. The minimum Gasteiger partial charge on any atom is -0.489 e. The number of aromatic amines is 2. The lowest BCUT2D eigenvalue weighted by Gasteiger charge is -2.06. The Morgan fingerprint density at radius 2 is 1.73 bits per heavy atom. The maximum atomic E-state index is 12.7. The molecule has 2 aromatic heterocycles. The summed E-state index contributed by atoms with van der Waals surface area (Å²) >= 11 is 0. The van der Waals surface area contributed by atoms with E-state index in [4.69, 9.17) is 4.74 Å². The summed E-state index contributed by atoms with van der Waals surface area (Å²) in [6.45, 7) is 2.52. The van der Waals surface area contributed by atoms with Crippen LogP contribution in [0.3, 0.4) is 0 Å². The van der Waals surface area contributed by atoms with Crippen LogP contribution in [-0.4, -0.2) is 15.9 Å². The molecule has 0 aliphatic carbocycles. The summed E-state index contributed by atoms with van der Waals surface area (Å²) in [7, 11) is 0. The van der Waals surface area contributed by atoms with E-state index >= 15 is 0 Å². The summed E-state index contributed by atoms with van der Waals surface area (Å²) in [4.78, 5) is 19.2. The van der Waals surface area contributed by atoms with Crippen LogP contribution in [0, 0.1) is 6.92 Å². The fraction of sp³-hybridized carbons (Fsp3) is 0.0800. The Balaban J connectivity index is 1.32. The zero-order valence-corrected chi connectivity index (χ0v) is 16.5. The third kappa shape index (κ3) is 3.65. The van der Waals surface area contributed by atoms with E-state index in [2.05, 4.69) is 21.4 Å². The maximum absolute atomic E-state index is 12.7. The first-order valence-electron chi connectivity index (χ1n) is 9.84. The predicted octanol–water partition coefficient (Wildman–Crippen LogP) is 5.79. The number of fused-ring (bicyclic) bond motifs is 2. The number of carbonyl (C=O) groups is 1. The first-order chi connectivity index (χ1) is 14.6. The van der Waals surface area contributed by atoms with Crippen molar-refractivity contribution < 1.29 is 9.53 Å². The van der Waals surface area contributed by atoms with Crippen molar-refractivity contribution in [2.75, 3.05) is 5.32 Å². The Hall–Kier alpha value is -3.99. The lowest BCUT2D eigenvalue weighted by molar-refractivity contribution is 0.102. The Bertz CT molecular complexity index is 1350. The molecule has 0 atom stereocenters. The van der Waals surface area contributed by atoms with Crippen LogP contribution in [0.25, 0.3) is 21.8 Å². The molecular weight excluding hydrogens is 374 g/mol. The molecule has 5 heteroatoms. The first-order valence-corrected chi connectivity index (χ1v) is 9.84. The van der Waals surface area contributed by atoms with Gasteiger partial charge >= 0.3 is 0 Å². The fourth-order valence-corrected chi connectivity index (χ4v) is 3.61. The van der Waals surface area contributed by atoms with Crippen molar-refractivity contribution in [3.8, 4) is 5.75 Å². The summed E-state index contributed by atoms with van der Waals surface area (Å²) in [6, 6.07) is 25.6. The second kappa shape index (κ2) is 7.44. The SMILES string of the molecule is Cc1cc2cc(NC(=O)c3cc4ccc(OCc5ccccc5)cc4[nH]3)ccc2[nH]1. The number of rotatable bonds is 5. The first kappa shape index (κ1) is 18.1. The average Bonchev–Trinajstić information content (AvgIpc) is 3.34. The molecule has 0 fully saturated rings. The zero-order valence-electron chi connectivity index (χ0n) is 16.5. The molecular formula is C25H21N3O2. The number of nitrogens with one attached hydrogen (secondary N) is 3. The Kier molecular flexibility index (Phi) is 4.48. The van der Waals surface area contributed by atoms with Gasteiger partial charge in [0, 0.05) is 39.3 Å². The molecule has 3 N–H and O–H groups in total. The van der Waals surface area contributed by atoms with Crippen LogP contribution in [0.1, 0.15) is 21.7 Å². The minimum atomic E-state index is -0.176. The normalized spacial score (nSPS) is 11.1. The lowest BCUT2D eigenvalue weighted by Crippen LogP contribution is -2.12. The van der Waals surface area contributed by atoms with Gasteiger partial charge in [-0.3, -0.25) is 4.79 Å². The van der Waals surface area contributed by atoms with Gasteiger partial charge in [0.15, 0.2) is 0 Å². The number of ether oxygens (including phenoxy) is 1. The molecule has 148 valence electrons. The molecule has 5 rings (SSSR count). The molecule has 0 spiro atoms. The standard InChI is InChI=1S/C25H21N3O2/c1-16-11-19-12-20(8-10-22(19)26-16)27-25(29)24-13-18-7-9-21(14-23(18)28-24)30-15-17-5-3-2-4-6-17/h2-14,26,28H,15H2,1H3,(H,27,29). The quantitative estimate of drug-likeness (QED) is 0.353.